The van der Waals surface area contributed by atoms with Crippen LogP contribution in [0.1, 0.15) is 22.3 Å². The number of ether oxygens (including phenoxy) is 2. The van der Waals surface area contributed by atoms with E-state index < -0.39 is 53.1 Å². The minimum Gasteiger partial charge on any atom is -0.461 e. The van der Waals surface area contributed by atoms with Gasteiger partial charge in [-0.1, -0.05) is 17.7 Å². The molecule has 1 aromatic carbocycles. The standard InChI is InChI=1S/C14H15F3O7S/c1-9-3-2-4-10(7-9)13(19)23-6-5-12(18)24-11(14(15,16)17)8-25(20,21)22/h2-4,7,11H,5-6,8H2,1H3,(H,20,21,22). The number of alkyl halides is 3. The third-order valence-corrected chi connectivity index (χ3v) is 3.52. The Bertz CT molecular complexity index is 728. The molecule has 0 spiro atoms. The van der Waals surface area contributed by atoms with Gasteiger partial charge in [-0.3, -0.25) is 9.35 Å². The van der Waals surface area contributed by atoms with Crippen LogP contribution in [0.25, 0.3) is 0 Å². The molecule has 0 aliphatic rings. The van der Waals surface area contributed by atoms with Gasteiger partial charge in [-0.25, -0.2) is 4.79 Å². The fourth-order valence-corrected chi connectivity index (χ4v) is 2.33. The third-order valence-electron chi connectivity index (χ3n) is 2.79. The molecule has 0 aromatic heterocycles. The zero-order valence-electron chi connectivity index (χ0n) is 12.9. The molecule has 0 saturated heterocycles. The quantitative estimate of drug-likeness (QED) is 0.565. The monoisotopic (exact) mass is 384 g/mol. The second-order valence-electron chi connectivity index (χ2n) is 5.02. The van der Waals surface area contributed by atoms with E-state index in [2.05, 4.69) is 4.74 Å². The number of rotatable bonds is 7. The molecule has 140 valence electrons. The van der Waals surface area contributed by atoms with Crippen LogP contribution >= 0.6 is 0 Å². The molecule has 0 fully saturated rings. The molecular formula is C14H15F3O7S. The van der Waals surface area contributed by atoms with Crippen LogP contribution in [0.15, 0.2) is 24.3 Å². The summed E-state index contributed by atoms with van der Waals surface area (Å²) in [6, 6.07) is 6.32. The molecule has 7 nitrogen and oxygen atoms in total. The van der Waals surface area contributed by atoms with Crippen molar-refractivity contribution in [2.24, 2.45) is 0 Å². The summed E-state index contributed by atoms with van der Waals surface area (Å²) in [4.78, 5) is 23.0. The lowest BCUT2D eigenvalue weighted by atomic mass is 10.1. The van der Waals surface area contributed by atoms with E-state index in [1.807, 2.05) is 0 Å². The Morgan fingerprint density at radius 3 is 2.44 bits per heavy atom. The maximum Gasteiger partial charge on any atom is 0.426 e. The zero-order chi connectivity index (χ0) is 19.3. The number of esters is 2. The third kappa shape index (κ3) is 7.98. The summed E-state index contributed by atoms with van der Waals surface area (Å²) in [7, 11) is -5.01. The van der Waals surface area contributed by atoms with Gasteiger partial charge in [-0.05, 0) is 19.1 Å². The molecule has 0 aliphatic carbocycles. The molecule has 0 radical (unpaired) electrons. The SMILES string of the molecule is Cc1cccc(C(=O)OCCC(=O)OC(CS(=O)(=O)O)C(F)(F)F)c1. The Morgan fingerprint density at radius 2 is 1.92 bits per heavy atom. The molecule has 0 amide bonds. The average molecular weight is 384 g/mol. The highest BCUT2D eigenvalue weighted by molar-refractivity contribution is 7.85. The summed E-state index contributed by atoms with van der Waals surface area (Å²) in [5.41, 5.74) is 0.986. The molecule has 0 heterocycles. The van der Waals surface area contributed by atoms with Crippen LogP contribution in [0.4, 0.5) is 13.2 Å². The summed E-state index contributed by atoms with van der Waals surface area (Å²) in [5.74, 6) is -4.02. The summed E-state index contributed by atoms with van der Waals surface area (Å²) in [6.45, 7) is 1.18. The molecule has 25 heavy (non-hydrogen) atoms. The van der Waals surface area contributed by atoms with Crippen LogP contribution in [-0.2, 0) is 24.4 Å². The summed E-state index contributed by atoms with van der Waals surface area (Å²) in [6.07, 6.45) is -8.90. The average Bonchev–Trinajstić information content (AvgIpc) is 2.44. The molecule has 0 aliphatic heterocycles. The van der Waals surface area contributed by atoms with Crippen LogP contribution in [0, 0.1) is 6.92 Å². The van der Waals surface area contributed by atoms with Crippen LogP contribution < -0.4 is 0 Å². The smallest absolute Gasteiger partial charge is 0.426 e. The van der Waals surface area contributed by atoms with Crippen LogP contribution in [0.3, 0.4) is 0 Å². The number of hydrogen-bond acceptors (Lipinski definition) is 6. The first-order valence-corrected chi connectivity index (χ1v) is 8.44. The predicted octanol–water partition coefficient (Wildman–Crippen LogP) is 1.90. The Kier molecular flexibility index (Phi) is 6.94. The predicted molar refractivity (Wildman–Crippen MR) is 78.4 cm³/mol. The second kappa shape index (κ2) is 8.30. The summed E-state index contributed by atoms with van der Waals surface area (Å²) >= 11 is 0. The number of benzene rings is 1. The largest absolute Gasteiger partial charge is 0.461 e. The van der Waals surface area contributed by atoms with Crippen molar-refractivity contribution in [1.29, 1.82) is 0 Å². The van der Waals surface area contributed by atoms with Crippen LogP contribution in [0.2, 0.25) is 0 Å². The number of carbonyl (C=O) groups is 2. The van der Waals surface area contributed by atoms with Gasteiger partial charge in [-0.15, -0.1) is 0 Å². The highest BCUT2D eigenvalue weighted by Gasteiger charge is 2.45. The topological polar surface area (TPSA) is 107 Å². The minimum absolute atomic E-state index is 0.202. The maximum absolute atomic E-state index is 12.6. The molecule has 11 heteroatoms. The Labute approximate surface area is 141 Å². The van der Waals surface area contributed by atoms with Crippen molar-refractivity contribution in [3.63, 3.8) is 0 Å². The number of hydrogen-bond donors (Lipinski definition) is 1. The van der Waals surface area contributed by atoms with Gasteiger partial charge in [0.2, 0.25) is 6.10 Å². The maximum atomic E-state index is 12.6. The Morgan fingerprint density at radius 1 is 1.28 bits per heavy atom. The van der Waals surface area contributed by atoms with E-state index in [1.54, 1.807) is 19.1 Å². The molecule has 1 aromatic rings. The number of aryl methyl sites for hydroxylation is 1. The van der Waals surface area contributed by atoms with Gasteiger partial charge in [-0.2, -0.15) is 21.6 Å². The molecule has 1 N–H and O–H groups in total. The van der Waals surface area contributed by atoms with E-state index >= 15 is 0 Å². The van der Waals surface area contributed by atoms with Crippen molar-refractivity contribution in [2.45, 2.75) is 25.6 Å². The van der Waals surface area contributed by atoms with Crippen LogP contribution in [-0.4, -0.2) is 49.5 Å². The fraction of sp³-hybridized carbons (Fsp3) is 0.429. The fourth-order valence-electron chi connectivity index (χ4n) is 1.69. The molecule has 0 bridgehead atoms. The van der Waals surface area contributed by atoms with Gasteiger partial charge in [0.1, 0.15) is 12.4 Å². The second-order valence-corrected chi connectivity index (χ2v) is 6.52. The summed E-state index contributed by atoms with van der Waals surface area (Å²) < 4.78 is 76.1. The molecule has 1 unspecified atom stereocenters. The van der Waals surface area contributed by atoms with E-state index in [0.29, 0.717) is 0 Å². The van der Waals surface area contributed by atoms with Crippen molar-refractivity contribution in [1.82, 2.24) is 0 Å². The summed E-state index contributed by atoms with van der Waals surface area (Å²) in [5, 5.41) is 0. The number of halogens is 3. The van der Waals surface area contributed by atoms with Gasteiger partial charge in [0.25, 0.3) is 10.1 Å². The highest BCUT2D eigenvalue weighted by atomic mass is 32.2. The molecular weight excluding hydrogens is 369 g/mol. The van der Waals surface area contributed by atoms with E-state index in [9.17, 15) is 31.2 Å². The Hall–Kier alpha value is -2.14. The van der Waals surface area contributed by atoms with Crippen molar-refractivity contribution < 1.29 is 45.2 Å². The van der Waals surface area contributed by atoms with Gasteiger partial charge in [0, 0.05) is 0 Å². The van der Waals surface area contributed by atoms with E-state index in [1.165, 1.54) is 12.1 Å². The van der Waals surface area contributed by atoms with E-state index in [0.717, 1.165) is 5.56 Å². The molecule has 1 atom stereocenters. The lowest BCUT2D eigenvalue weighted by Gasteiger charge is -2.19. The first-order valence-electron chi connectivity index (χ1n) is 6.83. The first kappa shape index (κ1) is 20.9. The lowest BCUT2D eigenvalue weighted by Crippen LogP contribution is -2.39. The van der Waals surface area contributed by atoms with Crippen molar-refractivity contribution in [3.05, 3.63) is 35.4 Å². The van der Waals surface area contributed by atoms with Crippen molar-refractivity contribution in [3.8, 4) is 0 Å². The Balaban J connectivity index is 2.54. The highest BCUT2D eigenvalue weighted by Crippen LogP contribution is 2.24. The minimum atomic E-state index is -5.18. The van der Waals surface area contributed by atoms with Crippen molar-refractivity contribution in [2.75, 3.05) is 12.4 Å². The van der Waals surface area contributed by atoms with E-state index in [-0.39, 0.29) is 5.56 Å². The van der Waals surface area contributed by atoms with Gasteiger partial charge in [0.05, 0.1) is 12.0 Å². The first-order chi connectivity index (χ1) is 11.4. The molecule has 1 rings (SSSR count). The number of carbonyl (C=O) groups excluding carboxylic acids is 2. The molecule has 0 saturated carbocycles. The van der Waals surface area contributed by atoms with Gasteiger partial charge < -0.3 is 9.47 Å². The normalized spacial score (nSPS) is 13.2. The van der Waals surface area contributed by atoms with Gasteiger partial charge in [0.15, 0.2) is 0 Å². The van der Waals surface area contributed by atoms with Crippen molar-refractivity contribution >= 4 is 22.1 Å². The van der Waals surface area contributed by atoms with E-state index in [4.69, 9.17) is 9.29 Å². The van der Waals surface area contributed by atoms with Gasteiger partial charge >= 0.3 is 18.1 Å². The zero-order valence-corrected chi connectivity index (χ0v) is 13.8. The van der Waals surface area contributed by atoms with Crippen LogP contribution in [0.5, 0.6) is 0 Å². The lowest BCUT2D eigenvalue weighted by molar-refractivity contribution is -0.215.